The van der Waals surface area contributed by atoms with Gasteiger partial charge in [0.2, 0.25) is 5.88 Å². The average molecular weight is 517 g/mol. The van der Waals surface area contributed by atoms with Gasteiger partial charge in [0, 0.05) is 22.7 Å². The van der Waals surface area contributed by atoms with E-state index in [0.29, 0.717) is 40.2 Å². The van der Waals surface area contributed by atoms with Crippen LogP contribution in [0.25, 0.3) is 15.9 Å². The van der Waals surface area contributed by atoms with Gasteiger partial charge in [-0.2, -0.15) is 10.1 Å². The molecule has 8 nitrogen and oxygen atoms in total. The topological polar surface area (TPSA) is 89.3 Å². The van der Waals surface area contributed by atoms with Crippen molar-refractivity contribution in [2.75, 3.05) is 5.32 Å². The van der Waals surface area contributed by atoms with Gasteiger partial charge in [0.05, 0.1) is 18.8 Å². The van der Waals surface area contributed by atoms with Gasteiger partial charge in [-0.05, 0) is 35.9 Å². The van der Waals surface area contributed by atoms with Crippen molar-refractivity contribution in [1.82, 2.24) is 20.2 Å². The summed E-state index contributed by atoms with van der Waals surface area (Å²) in [5, 5.41) is 12.0. The molecule has 0 unspecified atom stereocenters. The van der Waals surface area contributed by atoms with E-state index in [2.05, 4.69) is 30.3 Å². The van der Waals surface area contributed by atoms with E-state index in [1.807, 2.05) is 42.5 Å². The van der Waals surface area contributed by atoms with Crippen LogP contribution in [0.3, 0.4) is 0 Å². The van der Waals surface area contributed by atoms with Gasteiger partial charge in [-0.1, -0.05) is 53.5 Å². The third kappa shape index (κ3) is 5.33. The molecule has 178 valence electrons. The predicted octanol–water partition coefficient (Wildman–Crippen LogP) is 7.19. The van der Waals surface area contributed by atoms with Crippen molar-refractivity contribution in [2.45, 2.75) is 13.2 Å². The molecule has 0 aliphatic carbocycles. The Morgan fingerprint density at radius 1 is 1.03 bits per heavy atom. The summed E-state index contributed by atoms with van der Waals surface area (Å²) >= 11 is 12.8. The number of nitrogens with zero attached hydrogens (tertiary/aromatic N) is 4. The lowest BCUT2D eigenvalue weighted by Gasteiger charge is -2.15. The molecular formula is C26H18Cl2N6O2. The van der Waals surface area contributed by atoms with E-state index in [-0.39, 0.29) is 17.5 Å². The first-order valence-corrected chi connectivity index (χ1v) is 11.6. The zero-order valence-electron chi connectivity index (χ0n) is 18.7. The molecule has 0 atom stereocenters. The van der Waals surface area contributed by atoms with Gasteiger partial charge in [0.1, 0.15) is 23.2 Å². The van der Waals surface area contributed by atoms with Crippen molar-refractivity contribution in [3.05, 3.63) is 106 Å². The average Bonchev–Trinajstić information content (AvgIpc) is 3.31. The highest BCUT2D eigenvalue weighted by Crippen LogP contribution is 2.39. The molecule has 0 radical (unpaired) electrons. The summed E-state index contributed by atoms with van der Waals surface area (Å²) in [6.45, 7) is 7.92. The minimum absolute atomic E-state index is 0.190. The van der Waals surface area contributed by atoms with Gasteiger partial charge in [-0.25, -0.2) is 9.83 Å². The standard InChI is InChI=1S/C26H18Cl2N6O2/c1-29-18-10-17(27)11-19(12-18)36-22-13-23(31-14-21-20-8-5-9-30-25(20)34-33-21)32-26(24(22)28)35-15-16-6-3-2-4-7-16/h2-13H,14-15H2,(H,31,32)(H,30,33,34). The summed E-state index contributed by atoms with van der Waals surface area (Å²) in [6, 6.07) is 19.9. The quantitative estimate of drug-likeness (QED) is 0.212. The van der Waals surface area contributed by atoms with Crippen molar-refractivity contribution in [2.24, 2.45) is 0 Å². The molecule has 0 bridgehead atoms. The molecule has 5 aromatic rings. The molecule has 3 aromatic heterocycles. The first-order valence-electron chi connectivity index (χ1n) is 10.8. The monoisotopic (exact) mass is 516 g/mol. The lowest BCUT2D eigenvalue weighted by molar-refractivity contribution is 0.293. The number of hydrogen-bond acceptors (Lipinski definition) is 6. The van der Waals surface area contributed by atoms with Gasteiger partial charge in [-0.3, -0.25) is 5.10 Å². The molecule has 3 heterocycles. The van der Waals surface area contributed by atoms with Crippen LogP contribution in [-0.2, 0) is 13.2 Å². The highest BCUT2D eigenvalue weighted by Gasteiger charge is 2.16. The number of H-pyrrole nitrogens is 1. The van der Waals surface area contributed by atoms with Crippen LogP contribution in [0.2, 0.25) is 10.0 Å². The number of aromatic nitrogens is 4. The maximum Gasteiger partial charge on any atom is 0.238 e. The first-order chi connectivity index (χ1) is 17.6. The Balaban J connectivity index is 1.45. The molecule has 0 saturated heterocycles. The number of ether oxygens (including phenoxy) is 2. The molecule has 5 rings (SSSR count). The van der Waals surface area contributed by atoms with E-state index >= 15 is 0 Å². The normalized spacial score (nSPS) is 10.7. The number of halogens is 2. The minimum Gasteiger partial charge on any atom is -0.472 e. The summed E-state index contributed by atoms with van der Waals surface area (Å²) in [6.07, 6.45) is 1.70. The molecule has 0 spiro atoms. The van der Waals surface area contributed by atoms with Crippen molar-refractivity contribution >= 4 is 45.7 Å². The Hall–Kier alpha value is -4.32. The fourth-order valence-electron chi connectivity index (χ4n) is 3.49. The van der Waals surface area contributed by atoms with Crippen LogP contribution >= 0.6 is 23.2 Å². The Labute approximate surface area is 216 Å². The highest BCUT2D eigenvalue weighted by molar-refractivity contribution is 6.33. The smallest absolute Gasteiger partial charge is 0.238 e. The summed E-state index contributed by atoms with van der Waals surface area (Å²) in [5.74, 6) is 1.32. The molecule has 0 aliphatic heterocycles. The molecule has 0 aliphatic rings. The van der Waals surface area contributed by atoms with Crippen LogP contribution in [0.1, 0.15) is 11.3 Å². The highest BCUT2D eigenvalue weighted by atomic mass is 35.5. The first kappa shape index (κ1) is 23.4. The van der Waals surface area contributed by atoms with E-state index in [9.17, 15) is 0 Å². The van der Waals surface area contributed by atoms with Crippen LogP contribution in [0.4, 0.5) is 11.5 Å². The zero-order valence-corrected chi connectivity index (χ0v) is 20.2. The lowest BCUT2D eigenvalue weighted by atomic mass is 10.2. The number of anilines is 1. The van der Waals surface area contributed by atoms with Gasteiger partial charge in [-0.15, -0.1) is 0 Å². The fraction of sp³-hybridized carbons (Fsp3) is 0.0769. The van der Waals surface area contributed by atoms with Gasteiger partial charge >= 0.3 is 0 Å². The van der Waals surface area contributed by atoms with Crippen molar-refractivity contribution < 1.29 is 9.47 Å². The van der Waals surface area contributed by atoms with E-state index in [4.69, 9.17) is 39.2 Å². The summed E-state index contributed by atoms with van der Waals surface area (Å²) in [7, 11) is 0. The van der Waals surface area contributed by atoms with Crippen LogP contribution in [-0.4, -0.2) is 20.2 Å². The third-order valence-corrected chi connectivity index (χ3v) is 5.74. The second kappa shape index (κ2) is 10.5. The van der Waals surface area contributed by atoms with Crippen LogP contribution in [0.5, 0.6) is 17.4 Å². The summed E-state index contributed by atoms with van der Waals surface area (Å²) < 4.78 is 12.0. The Bertz CT molecular complexity index is 1570. The fourth-order valence-corrected chi connectivity index (χ4v) is 3.89. The second-order valence-electron chi connectivity index (χ2n) is 7.68. The van der Waals surface area contributed by atoms with Gasteiger partial charge in [0.15, 0.2) is 17.1 Å². The molecular weight excluding hydrogens is 499 g/mol. The van der Waals surface area contributed by atoms with Crippen molar-refractivity contribution in [3.8, 4) is 17.4 Å². The van der Waals surface area contributed by atoms with Crippen LogP contribution in [0.15, 0.2) is 72.9 Å². The number of nitrogens with one attached hydrogen (secondary N) is 2. The Morgan fingerprint density at radius 3 is 2.72 bits per heavy atom. The SMILES string of the molecule is [C-]#[N+]c1cc(Cl)cc(Oc2cc(NCc3n[nH]c4ncccc34)nc(OCc3ccccc3)c2Cl)c1. The van der Waals surface area contributed by atoms with E-state index in [1.165, 1.54) is 0 Å². The summed E-state index contributed by atoms with van der Waals surface area (Å²) in [5.41, 5.74) is 2.79. The molecule has 0 fully saturated rings. The number of hydrogen-bond donors (Lipinski definition) is 2. The molecule has 2 aromatic carbocycles. The molecule has 2 N–H and O–H groups in total. The maximum atomic E-state index is 7.28. The van der Waals surface area contributed by atoms with Crippen molar-refractivity contribution in [3.63, 3.8) is 0 Å². The third-order valence-electron chi connectivity index (χ3n) is 5.18. The lowest BCUT2D eigenvalue weighted by Crippen LogP contribution is -2.05. The number of aromatic amines is 1. The largest absolute Gasteiger partial charge is 0.472 e. The number of fused-ring (bicyclic) bond motifs is 1. The van der Waals surface area contributed by atoms with E-state index in [0.717, 1.165) is 16.6 Å². The number of rotatable bonds is 8. The van der Waals surface area contributed by atoms with Gasteiger partial charge in [0.25, 0.3) is 0 Å². The predicted molar refractivity (Wildman–Crippen MR) is 139 cm³/mol. The molecule has 36 heavy (non-hydrogen) atoms. The van der Waals surface area contributed by atoms with Gasteiger partial charge < -0.3 is 14.8 Å². The summed E-state index contributed by atoms with van der Waals surface area (Å²) in [4.78, 5) is 12.2. The molecule has 0 saturated carbocycles. The number of benzene rings is 2. The molecule has 0 amide bonds. The zero-order chi connectivity index (χ0) is 24.9. The Kier molecular flexibility index (Phi) is 6.85. The Morgan fingerprint density at radius 2 is 1.89 bits per heavy atom. The minimum atomic E-state index is 0.190. The second-order valence-corrected chi connectivity index (χ2v) is 8.50. The van der Waals surface area contributed by atoms with Crippen molar-refractivity contribution in [1.29, 1.82) is 0 Å². The number of pyridine rings is 2. The molecule has 10 heteroatoms. The van der Waals surface area contributed by atoms with E-state index in [1.54, 1.807) is 30.5 Å². The van der Waals surface area contributed by atoms with Crippen LogP contribution in [0, 0.1) is 6.57 Å². The van der Waals surface area contributed by atoms with Crippen LogP contribution < -0.4 is 14.8 Å². The maximum absolute atomic E-state index is 7.28. The van der Waals surface area contributed by atoms with E-state index < -0.39 is 0 Å².